The summed E-state index contributed by atoms with van der Waals surface area (Å²) in [5.74, 6) is 0.792. The lowest BCUT2D eigenvalue weighted by Crippen LogP contribution is -2.25. The van der Waals surface area contributed by atoms with E-state index in [9.17, 15) is 8.42 Å². The molecule has 6 heteroatoms. The Hall–Kier alpha value is -1.89. The smallest absolute Gasteiger partial charge is 0.333 e. The summed E-state index contributed by atoms with van der Waals surface area (Å²) in [6, 6.07) is 17.6. The monoisotopic (exact) mass is 349 g/mol. The Morgan fingerprint density at radius 3 is 1.96 bits per heavy atom. The Kier molecular flexibility index (Phi) is 6.78. The summed E-state index contributed by atoms with van der Waals surface area (Å²) in [6.45, 7) is 0. The van der Waals surface area contributed by atoms with Crippen molar-refractivity contribution in [3.63, 3.8) is 0 Å². The van der Waals surface area contributed by atoms with Crippen LogP contribution < -0.4 is 9.88 Å². The topological polar surface area (TPSA) is 78.6 Å². The van der Waals surface area contributed by atoms with Gasteiger partial charge in [-0.3, -0.25) is 4.18 Å². The Labute approximate surface area is 143 Å². The van der Waals surface area contributed by atoms with Crippen LogP contribution in [0.4, 0.5) is 0 Å². The van der Waals surface area contributed by atoms with Gasteiger partial charge in [0.1, 0.15) is 5.75 Å². The average molecular weight is 349 g/mol. The molecule has 1 unspecified atom stereocenters. The molecule has 2 aromatic carbocycles. The molecule has 1 atom stereocenters. The van der Waals surface area contributed by atoms with E-state index in [1.54, 1.807) is 7.11 Å². The maximum Gasteiger partial charge on any atom is 0.333 e. The minimum atomic E-state index is -3.96. The third kappa shape index (κ3) is 6.70. The Balaban J connectivity index is 1.94. The quantitative estimate of drug-likeness (QED) is 0.755. The maximum atomic E-state index is 11.3. The summed E-state index contributed by atoms with van der Waals surface area (Å²) in [4.78, 5) is 0. The second kappa shape index (κ2) is 8.82. The molecule has 2 N–H and O–H groups in total. The SMILES string of the molecule is COc1ccc(CCC(CCc2ccccc2)OS(N)(=O)=O)cc1. The van der Waals surface area contributed by atoms with E-state index in [1.807, 2.05) is 54.6 Å². The third-order valence-corrected chi connectivity index (χ3v) is 4.32. The fourth-order valence-electron chi connectivity index (χ4n) is 2.52. The first-order chi connectivity index (χ1) is 11.5. The van der Waals surface area contributed by atoms with Gasteiger partial charge in [0.05, 0.1) is 13.2 Å². The predicted octanol–water partition coefficient (Wildman–Crippen LogP) is 2.85. The molecule has 130 valence electrons. The zero-order valence-corrected chi connectivity index (χ0v) is 14.5. The summed E-state index contributed by atoms with van der Waals surface area (Å²) >= 11 is 0. The van der Waals surface area contributed by atoms with Crippen LogP contribution in [-0.4, -0.2) is 21.6 Å². The van der Waals surface area contributed by atoms with Gasteiger partial charge in [-0.25, -0.2) is 5.14 Å². The maximum absolute atomic E-state index is 11.3. The molecular weight excluding hydrogens is 326 g/mol. The minimum absolute atomic E-state index is 0.442. The van der Waals surface area contributed by atoms with Gasteiger partial charge in [0.25, 0.3) is 0 Å². The van der Waals surface area contributed by atoms with E-state index in [2.05, 4.69) is 0 Å². The van der Waals surface area contributed by atoms with Crippen LogP contribution in [0.2, 0.25) is 0 Å². The number of hydrogen-bond donors (Lipinski definition) is 1. The Morgan fingerprint density at radius 2 is 1.46 bits per heavy atom. The second-order valence-corrected chi connectivity index (χ2v) is 6.80. The molecule has 0 saturated carbocycles. The molecule has 0 fully saturated rings. The fourth-order valence-corrected chi connectivity index (χ4v) is 3.09. The van der Waals surface area contributed by atoms with Crippen LogP contribution in [-0.2, 0) is 27.3 Å². The van der Waals surface area contributed by atoms with Gasteiger partial charge in [-0.15, -0.1) is 0 Å². The van der Waals surface area contributed by atoms with Crippen molar-refractivity contribution in [1.29, 1.82) is 0 Å². The highest BCUT2D eigenvalue weighted by molar-refractivity contribution is 7.84. The van der Waals surface area contributed by atoms with Gasteiger partial charge in [0.2, 0.25) is 0 Å². The van der Waals surface area contributed by atoms with Crippen LogP contribution in [0.15, 0.2) is 54.6 Å². The summed E-state index contributed by atoms with van der Waals surface area (Å²) in [5.41, 5.74) is 2.24. The standard InChI is InChI=1S/C18H23NO4S/c1-22-17-11-7-16(8-12-17)10-14-18(23-24(19,20)21)13-9-15-5-3-2-4-6-15/h2-8,11-12,18H,9-10,13-14H2,1H3,(H2,19,20,21). The number of methoxy groups -OCH3 is 1. The zero-order valence-electron chi connectivity index (χ0n) is 13.7. The molecule has 0 saturated heterocycles. The van der Waals surface area contributed by atoms with Crippen molar-refractivity contribution in [2.75, 3.05) is 7.11 Å². The van der Waals surface area contributed by atoms with Crippen molar-refractivity contribution < 1.29 is 17.3 Å². The van der Waals surface area contributed by atoms with Gasteiger partial charge < -0.3 is 4.74 Å². The van der Waals surface area contributed by atoms with Crippen LogP contribution in [0, 0.1) is 0 Å². The van der Waals surface area contributed by atoms with Crippen LogP contribution in [0.1, 0.15) is 24.0 Å². The molecule has 0 radical (unpaired) electrons. The summed E-state index contributed by atoms with van der Waals surface area (Å²) in [6.07, 6.45) is 2.18. The Morgan fingerprint density at radius 1 is 0.917 bits per heavy atom. The summed E-state index contributed by atoms with van der Waals surface area (Å²) in [7, 11) is -2.34. The molecule has 24 heavy (non-hydrogen) atoms. The zero-order chi connectivity index (χ0) is 17.4. The van der Waals surface area contributed by atoms with Gasteiger partial charge >= 0.3 is 10.3 Å². The highest BCUT2D eigenvalue weighted by Gasteiger charge is 2.16. The van der Waals surface area contributed by atoms with Crippen LogP contribution in [0.3, 0.4) is 0 Å². The highest BCUT2D eigenvalue weighted by atomic mass is 32.2. The van der Waals surface area contributed by atoms with Crippen LogP contribution >= 0.6 is 0 Å². The van der Waals surface area contributed by atoms with E-state index in [4.69, 9.17) is 14.1 Å². The largest absolute Gasteiger partial charge is 0.497 e. The number of benzene rings is 2. The molecule has 2 aromatic rings. The first-order valence-electron chi connectivity index (χ1n) is 7.84. The van der Waals surface area contributed by atoms with Crippen molar-refractivity contribution in [3.05, 3.63) is 65.7 Å². The lowest BCUT2D eigenvalue weighted by atomic mass is 10.0. The molecule has 0 aromatic heterocycles. The molecular formula is C18H23NO4S. The summed E-state index contributed by atoms with van der Waals surface area (Å²) < 4.78 is 32.8. The molecule has 0 bridgehead atoms. The number of ether oxygens (including phenoxy) is 1. The lowest BCUT2D eigenvalue weighted by Gasteiger charge is -2.16. The van der Waals surface area contributed by atoms with Gasteiger partial charge in [0, 0.05) is 0 Å². The second-order valence-electron chi connectivity index (χ2n) is 5.62. The fraction of sp³-hybridized carbons (Fsp3) is 0.333. The molecule has 0 amide bonds. The molecule has 2 rings (SSSR count). The van der Waals surface area contributed by atoms with E-state index in [-0.39, 0.29) is 0 Å². The van der Waals surface area contributed by atoms with E-state index in [1.165, 1.54) is 0 Å². The number of nitrogens with two attached hydrogens (primary N) is 1. The van der Waals surface area contributed by atoms with Crippen molar-refractivity contribution in [2.45, 2.75) is 31.8 Å². The Bertz CT molecular complexity index is 714. The van der Waals surface area contributed by atoms with Crippen LogP contribution in [0.5, 0.6) is 5.75 Å². The first kappa shape index (κ1) is 18.4. The average Bonchev–Trinajstić information content (AvgIpc) is 2.57. The van der Waals surface area contributed by atoms with Crippen LogP contribution in [0.25, 0.3) is 0 Å². The number of rotatable bonds is 9. The minimum Gasteiger partial charge on any atom is -0.497 e. The normalized spacial score (nSPS) is 12.8. The molecule has 0 aliphatic heterocycles. The van der Waals surface area contributed by atoms with E-state index >= 15 is 0 Å². The van der Waals surface area contributed by atoms with E-state index < -0.39 is 16.4 Å². The third-order valence-electron chi connectivity index (χ3n) is 3.78. The molecule has 5 nitrogen and oxygen atoms in total. The van der Waals surface area contributed by atoms with Crippen molar-refractivity contribution in [2.24, 2.45) is 5.14 Å². The van der Waals surface area contributed by atoms with E-state index in [0.717, 1.165) is 23.3 Å². The van der Waals surface area contributed by atoms with Gasteiger partial charge in [-0.2, -0.15) is 8.42 Å². The lowest BCUT2D eigenvalue weighted by molar-refractivity contribution is 0.189. The van der Waals surface area contributed by atoms with Gasteiger partial charge in [-0.05, 0) is 48.9 Å². The highest BCUT2D eigenvalue weighted by Crippen LogP contribution is 2.17. The summed E-state index contributed by atoms with van der Waals surface area (Å²) in [5, 5.41) is 5.05. The van der Waals surface area contributed by atoms with E-state index in [0.29, 0.717) is 19.3 Å². The first-order valence-corrected chi connectivity index (χ1v) is 9.31. The van der Waals surface area contributed by atoms with Crippen molar-refractivity contribution >= 4 is 10.3 Å². The molecule has 0 aliphatic rings. The molecule has 0 aliphatic carbocycles. The molecule has 0 heterocycles. The van der Waals surface area contributed by atoms with Crippen molar-refractivity contribution in [3.8, 4) is 5.75 Å². The molecule has 0 spiro atoms. The number of hydrogen-bond acceptors (Lipinski definition) is 4. The van der Waals surface area contributed by atoms with Crippen molar-refractivity contribution in [1.82, 2.24) is 0 Å². The number of aryl methyl sites for hydroxylation is 2. The predicted molar refractivity (Wildman–Crippen MR) is 94.1 cm³/mol. The van der Waals surface area contributed by atoms with Gasteiger partial charge in [-0.1, -0.05) is 42.5 Å². The van der Waals surface area contributed by atoms with Gasteiger partial charge in [0.15, 0.2) is 0 Å².